The zero-order valence-electron chi connectivity index (χ0n) is 15.2. The van der Waals surface area contributed by atoms with Crippen molar-refractivity contribution in [2.75, 3.05) is 31.1 Å². The number of Topliss-reactive ketones (excluding diaryl/α,β-unsaturated/α-hetero) is 1. The highest BCUT2D eigenvalue weighted by atomic mass is 32.1. The van der Waals surface area contributed by atoms with Crippen molar-refractivity contribution in [2.45, 2.75) is 39.0 Å². The molecule has 3 rings (SSSR count). The van der Waals surface area contributed by atoms with Gasteiger partial charge in [-0.25, -0.2) is 0 Å². The first kappa shape index (κ1) is 18.6. The van der Waals surface area contributed by atoms with Crippen LogP contribution in [0.3, 0.4) is 0 Å². The molecule has 0 saturated carbocycles. The van der Waals surface area contributed by atoms with E-state index in [0.717, 1.165) is 4.88 Å². The summed E-state index contributed by atoms with van der Waals surface area (Å²) in [4.78, 5) is 29.0. The van der Waals surface area contributed by atoms with E-state index in [1.54, 1.807) is 0 Å². The number of anilines is 1. The van der Waals surface area contributed by atoms with Crippen molar-refractivity contribution in [3.63, 3.8) is 0 Å². The lowest BCUT2D eigenvalue weighted by Crippen LogP contribution is -2.48. The number of thiophene rings is 1. The third-order valence-corrected chi connectivity index (χ3v) is 5.33. The Bertz CT molecular complexity index is 733. The molecule has 0 bridgehead atoms. The largest absolute Gasteiger partial charge is 0.408 e. The van der Waals surface area contributed by atoms with Crippen LogP contribution in [0.15, 0.2) is 21.9 Å². The minimum absolute atomic E-state index is 0.108. The fraction of sp³-hybridized carbons (Fsp3) is 0.556. The average molecular weight is 376 g/mol. The van der Waals surface area contributed by atoms with Crippen molar-refractivity contribution in [1.82, 2.24) is 15.1 Å². The van der Waals surface area contributed by atoms with Gasteiger partial charge in [0.1, 0.15) is 0 Å². The Kier molecular flexibility index (Phi) is 6.03. The molecule has 2 aromatic heterocycles. The van der Waals surface area contributed by atoms with E-state index in [1.807, 2.05) is 41.2 Å². The molecule has 2 aromatic rings. The van der Waals surface area contributed by atoms with E-state index in [-0.39, 0.29) is 17.6 Å². The minimum Gasteiger partial charge on any atom is -0.408 e. The molecule has 0 aliphatic carbocycles. The Hall–Kier alpha value is -2.22. The Morgan fingerprint density at radius 3 is 2.58 bits per heavy atom. The van der Waals surface area contributed by atoms with Crippen molar-refractivity contribution in [3.8, 4) is 0 Å². The third-order valence-electron chi connectivity index (χ3n) is 4.42. The molecule has 1 saturated heterocycles. The highest BCUT2D eigenvalue weighted by Crippen LogP contribution is 2.20. The van der Waals surface area contributed by atoms with Crippen molar-refractivity contribution >= 4 is 29.0 Å². The predicted octanol–water partition coefficient (Wildman–Crippen LogP) is 2.96. The Balaban J connectivity index is 1.41. The average Bonchev–Trinajstić information content (AvgIpc) is 3.33. The number of carbonyl (C=O) groups excluding carboxylic acids is 2. The fourth-order valence-corrected chi connectivity index (χ4v) is 3.55. The molecular weight excluding hydrogens is 352 g/mol. The summed E-state index contributed by atoms with van der Waals surface area (Å²) < 4.78 is 5.67. The number of aromatic nitrogens is 2. The smallest absolute Gasteiger partial charge is 0.318 e. The number of carbonyl (C=O) groups is 2. The van der Waals surface area contributed by atoms with Crippen LogP contribution in [-0.2, 0) is 4.79 Å². The molecule has 0 N–H and O–H groups in total. The van der Waals surface area contributed by atoms with Crippen molar-refractivity contribution in [3.05, 3.63) is 28.3 Å². The molecule has 3 heterocycles. The minimum atomic E-state index is 0.108. The molecule has 1 aliphatic heterocycles. The van der Waals surface area contributed by atoms with Crippen LogP contribution in [0.5, 0.6) is 0 Å². The summed E-state index contributed by atoms with van der Waals surface area (Å²) >= 11 is 1.45. The summed E-state index contributed by atoms with van der Waals surface area (Å²) in [6.07, 6.45) is 1.43. The Labute approximate surface area is 157 Å². The molecule has 8 heteroatoms. The van der Waals surface area contributed by atoms with E-state index < -0.39 is 0 Å². The number of piperazine rings is 1. The molecule has 0 aromatic carbocycles. The molecule has 1 amide bonds. The van der Waals surface area contributed by atoms with Gasteiger partial charge in [-0.1, -0.05) is 25.0 Å². The van der Waals surface area contributed by atoms with Gasteiger partial charge in [0.05, 0.1) is 4.88 Å². The molecule has 26 heavy (non-hydrogen) atoms. The van der Waals surface area contributed by atoms with Gasteiger partial charge in [-0.2, -0.15) is 0 Å². The van der Waals surface area contributed by atoms with Crippen LogP contribution in [0, 0.1) is 0 Å². The molecule has 0 unspecified atom stereocenters. The monoisotopic (exact) mass is 376 g/mol. The number of nitrogens with zero attached hydrogens (tertiary/aromatic N) is 4. The number of hydrogen-bond acceptors (Lipinski definition) is 7. The van der Waals surface area contributed by atoms with E-state index in [0.29, 0.717) is 57.3 Å². The zero-order valence-corrected chi connectivity index (χ0v) is 16.0. The van der Waals surface area contributed by atoms with E-state index >= 15 is 0 Å². The number of ketones is 1. The summed E-state index contributed by atoms with van der Waals surface area (Å²) in [5.74, 6) is 1.07. The summed E-state index contributed by atoms with van der Waals surface area (Å²) in [5.41, 5.74) is 0. The Morgan fingerprint density at radius 1 is 1.19 bits per heavy atom. The van der Waals surface area contributed by atoms with Gasteiger partial charge in [0.15, 0.2) is 5.78 Å². The molecule has 1 aliphatic rings. The lowest BCUT2D eigenvalue weighted by atomic mass is 10.1. The number of hydrogen-bond donors (Lipinski definition) is 0. The van der Waals surface area contributed by atoms with Crippen molar-refractivity contribution in [2.24, 2.45) is 0 Å². The summed E-state index contributed by atoms with van der Waals surface area (Å²) in [6, 6.07) is 4.23. The maximum absolute atomic E-state index is 12.4. The maximum Gasteiger partial charge on any atom is 0.318 e. The predicted molar refractivity (Wildman–Crippen MR) is 99.7 cm³/mol. The molecule has 7 nitrogen and oxygen atoms in total. The van der Waals surface area contributed by atoms with Gasteiger partial charge in [0.2, 0.25) is 11.8 Å². The number of amides is 1. The van der Waals surface area contributed by atoms with Crippen LogP contribution in [-0.4, -0.2) is 53.0 Å². The topological polar surface area (TPSA) is 79.5 Å². The van der Waals surface area contributed by atoms with E-state index in [1.165, 1.54) is 11.3 Å². The van der Waals surface area contributed by atoms with Gasteiger partial charge < -0.3 is 14.2 Å². The van der Waals surface area contributed by atoms with Crippen LogP contribution in [0.2, 0.25) is 0 Å². The second-order valence-electron chi connectivity index (χ2n) is 6.70. The van der Waals surface area contributed by atoms with E-state index in [9.17, 15) is 9.59 Å². The molecule has 0 spiro atoms. The zero-order chi connectivity index (χ0) is 18.5. The van der Waals surface area contributed by atoms with Gasteiger partial charge in [-0.05, 0) is 17.9 Å². The quantitative estimate of drug-likeness (QED) is 0.691. The Morgan fingerprint density at radius 2 is 1.96 bits per heavy atom. The van der Waals surface area contributed by atoms with Crippen LogP contribution in [0.25, 0.3) is 0 Å². The standard InChI is InChI=1S/C18H24N4O3S/c1-13(2)17-19-20-18(25-17)22-10-8-21(9-11-22)16(24)7-3-5-14(23)15-6-4-12-26-15/h4,6,12-13H,3,5,7-11H2,1-2H3. The van der Waals surface area contributed by atoms with Crippen LogP contribution in [0.1, 0.15) is 54.6 Å². The number of rotatable bonds is 7. The normalized spacial score (nSPS) is 14.9. The van der Waals surface area contributed by atoms with Gasteiger partial charge in [0, 0.05) is 44.9 Å². The van der Waals surface area contributed by atoms with Gasteiger partial charge in [0.25, 0.3) is 0 Å². The summed E-state index contributed by atoms with van der Waals surface area (Å²) in [5, 5.41) is 10.0. The third kappa shape index (κ3) is 4.49. The second-order valence-corrected chi connectivity index (χ2v) is 7.65. The van der Waals surface area contributed by atoms with Crippen molar-refractivity contribution < 1.29 is 14.0 Å². The first-order chi connectivity index (χ1) is 12.5. The maximum atomic E-state index is 12.4. The second kappa shape index (κ2) is 8.44. The molecule has 0 radical (unpaired) electrons. The lowest BCUT2D eigenvalue weighted by molar-refractivity contribution is -0.131. The van der Waals surface area contributed by atoms with Crippen molar-refractivity contribution in [1.29, 1.82) is 0 Å². The van der Waals surface area contributed by atoms with Crippen LogP contribution >= 0.6 is 11.3 Å². The van der Waals surface area contributed by atoms with Gasteiger partial charge >= 0.3 is 6.01 Å². The van der Waals surface area contributed by atoms with E-state index in [2.05, 4.69) is 10.2 Å². The first-order valence-electron chi connectivity index (χ1n) is 8.97. The lowest BCUT2D eigenvalue weighted by Gasteiger charge is -2.33. The van der Waals surface area contributed by atoms with Crippen LogP contribution < -0.4 is 4.90 Å². The highest BCUT2D eigenvalue weighted by Gasteiger charge is 2.24. The highest BCUT2D eigenvalue weighted by molar-refractivity contribution is 7.12. The molecule has 140 valence electrons. The van der Waals surface area contributed by atoms with Gasteiger partial charge in [-0.3, -0.25) is 9.59 Å². The van der Waals surface area contributed by atoms with Crippen LogP contribution in [0.4, 0.5) is 6.01 Å². The molecule has 1 fully saturated rings. The van der Waals surface area contributed by atoms with Gasteiger partial charge in [-0.15, -0.1) is 16.4 Å². The SMILES string of the molecule is CC(C)c1nnc(N2CCN(C(=O)CCCC(=O)c3cccs3)CC2)o1. The molecule has 0 atom stereocenters. The molecular formula is C18H24N4O3S. The summed E-state index contributed by atoms with van der Waals surface area (Å²) in [6.45, 7) is 6.65. The first-order valence-corrected chi connectivity index (χ1v) is 9.85. The van der Waals surface area contributed by atoms with E-state index in [4.69, 9.17) is 4.42 Å². The fourth-order valence-electron chi connectivity index (χ4n) is 2.85. The summed E-state index contributed by atoms with van der Waals surface area (Å²) in [7, 11) is 0.